The van der Waals surface area contributed by atoms with Crippen molar-refractivity contribution in [2.24, 2.45) is 0 Å². The third-order valence-corrected chi connectivity index (χ3v) is 2.80. The number of carbonyl (C=O) groups is 1. The van der Waals surface area contributed by atoms with E-state index >= 15 is 0 Å². The molecule has 1 aromatic carbocycles. The summed E-state index contributed by atoms with van der Waals surface area (Å²) in [5.74, 6) is -1.21. The Morgan fingerprint density at radius 1 is 1.47 bits per heavy atom. The minimum atomic E-state index is -0.881. The van der Waals surface area contributed by atoms with Gasteiger partial charge in [-0.1, -0.05) is 30.3 Å². The van der Waals surface area contributed by atoms with Crippen LogP contribution in [-0.2, 0) is 19.0 Å². The molecule has 1 saturated heterocycles. The second-order valence-corrected chi connectivity index (χ2v) is 4.21. The number of carbonyl (C=O) groups excluding carboxylic acids is 1. The van der Waals surface area contributed by atoms with Gasteiger partial charge in [0.15, 0.2) is 5.79 Å². The van der Waals surface area contributed by atoms with Gasteiger partial charge in [0.05, 0.1) is 20.1 Å². The predicted molar refractivity (Wildman–Crippen MR) is 61.3 cm³/mol. The van der Waals surface area contributed by atoms with Gasteiger partial charge in [-0.15, -0.1) is 0 Å². The Morgan fingerprint density at radius 2 is 2.18 bits per heavy atom. The van der Waals surface area contributed by atoms with Crippen molar-refractivity contribution in [1.82, 2.24) is 0 Å². The maximum atomic E-state index is 11.2. The first kappa shape index (κ1) is 12.1. The van der Waals surface area contributed by atoms with Gasteiger partial charge in [-0.2, -0.15) is 0 Å². The van der Waals surface area contributed by atoms with E-state index in [0.717, 1.165) is 5.56 Å². The van der Waals surface area contributed by atoms with Crippen molar-refractivity contribution in [2.45, 2.75) is 25.2 Å². The quantitative estimate of drug-likeness (QED) is 0.753. The maximum Gasteiger partial charge on any atom is 0.310 e. The minimum Gasteiger partial charge on any atom is -0.469 e. The summed E-state index contributed by atoms with van der Waals surface area (Å²) >= 11 is 0. The summed E-state index contributed by atoms with van der Waals surface area (Å²) in [6, 6.07) is 9.83. The van der Waals surface area contributed by atoms with Gasteiger partial charge < -0.3 is 14.2 Å². The van der Waals surface area contributed by atoms with Crippen LogP contribution in [0.4, 0.5) is 0 Å². The molecule has 4 heteroatoms. The summed E-state index contributed by atoms with van der Waals surface area (Å²) in [6.45, 7) is 2.21. The molecule has 0 aliphatic carbocycles. The highest BCUT2D eigenvalue weighted by atomic mass is 16.7. The van der Waals surface area contributed by atoms with E-state index in [0.29, 0.717) is 6.61 Å². The lowest BCUT2D eigenvalue weighted by atomic mass is 10.1. The summed E-state index contributed by atoms with van der Waals surface area (Å²) in [5, 5.41) is 0. The Labute approximate surface area is 100 Å². The van der Waals surface area contributed by atoms with Crippen molar-refractivity contribution in [2.75, 3.05) is 13.7 Å². The largest absolute Gasteiger partial charge is 0.469 e. The fourth-order valence-corrected chi connectivity index (χ4v) is 1.88. The second-order valence-electron chi connectivity index (χ2n) is 4.21. The molecule has 4 nitrogen and oxygen atoms in total. The summed E-state index contributed by atoms with van der Waals surface area (Å²) in [4.78, 5) is 11.2. The molecule has 0 aromatic heterocycles. The summed E-state index contributed by atoms with van der Waals surface area (Å²) in [5.41, 5.74) is 1.06. The van der Waals surface area contributed by atoms with Crippen LogP contribution in [0.15, 0.2) is 30.3 Å². The number of hydrogen-bond donors (Lipinski definition) is 0. The molecule has 1 aliphatic heterocycles. The second kappa shape index (κ2) is 4.85. The van der Waals surface area contributed by atoms with Gasteiger partial charge in [-0.3, -0.25) is 4.79 Å². The van der Waals surface area contributed by atoms with Gasteiger partial charge in [0.1, 0.15) is 6.10 Å². The van der Waals surface area contributed by atoms with Crippen molar-refractivity contribution in [3.05, 3.63) is 35.9 Å². The fraction of sp³-hybridized carbons (Fsp3) is 0.462. The van der Waals surface area contributed by atoms with Crippen LogP contribution in [-0.4, -0.2) is 25.5 Å². The van der Waals surface area contributed by atoms with Crippen LogP contribution in [0, 0.1) is 0 Å². The van der Waals surface area contributed by atoms with Gasteiger partial charge in [-0.05, 0) is 12.5 Å². The van der Waals surface area contributed by atoms with E-state index in [2.05, 4.69) is 4.74 Å². The number of ether oxygens (including phenoxy) is 3. The zero-order chi connectivity index (χ0) is 12.3. The molecule has 0 unspecified atom stereocenters. The van der Waals surface area contributed by atoms with Crippen molar-refractivity contribution in [3.8, 4) is 0 Å². The summed E-state index contributed by atoms with van der Waals surface area (Å²) in [6.07, 6.45) is -0.0156. The normalized spacial score (nSPS) is 28.0. The number of hydrogen-bond acceptors (Lipinski definition) is 4. The van der Waals surface area contributed by atoms with Crippen LogP contribution < -0.4 is 0 Å². The molecular formula is C13H16O4. The molecule has 1 heterocycles. The Morgan fingerprint density at radius 3 is 2.82 bits per heavy atom. The molecule has 92 valence electrons. The van der Waals surface area contributed by atoms with Gasteiger partial charge in [0, 0.05) is 0 Å². The molecule has 0 saturated carbocycles. The van der Waals surface area contributed by atoms with Crippen molar-refractivity contribution < 1.29 is 19.0 Å². The van der Waals surface area contributed by atoms with Crippen molar-refractivity contribution in [1.29, 1.82) is 0 Å². The van der Waals surface area contributed by atoms with Crippen molar-refractivity contribution in [3.63, 3.8) is 0 Å². The first-order valence-corrected chi connectivity index (χ1v) is 5.56. The van der Waals surface area contributed by atoms with Gasteiger partial charge in [-0.25, -0.2) is 0 Å². The van der Waals surface area contributed by atoms with Crippen LogP contribution in [0.1, 0.15) is 25.0 Å². The monoisotopic (exact) mass is 236 g/mol. The summed E-state index contributed by atoms with van der Waals surface area (Å²) in [7, 11) is 1.36. The van der Waals surface area contributed by atoms with E-state index in [4.69, 9.17) is 9.47 Å². The van der Waals surface area contributed by atoms with Crippen LogP contribution in [0.25, 0.3) is 0 Å². The van der Waals surface area contributed by atoms with Crippen LogP contribution >= 0.6 is 0 Å². The lowest BCUT2D eigenvalue weighted by molar-refractivity contribution is -0.178. The number of benzene rings is 1. The molecule has 2 rings (SSSR count). The lowest BCUT2D eigenvalue weighted by Gasteiger charge is -2.21. The molecule has 0 amide bonds. The van der Waals surface area contributed by atoms with Crippen LogP contribution in [0.5, 0.6) is 0 Å². The highest BCUT2D eigenvalue weighted by Gasteiger charge is 2.39. The number of esters is 1. The van der Waals surface area contributed by atoms with E-state index in [1.807, 2.05) is 30.3 Å². The van der Waals surface area contributed by atoms with Gasteiger partial charge >= 0.3 is 5.97 Å². The van der Waals surface area contributed by atoms with Gasteiger partial charge in [0.25, 0.3) is 0 Å². The number of methoxy groups -OCH3 is 1. The molecular weight excluding hydrogens is 220 g/mol. The van der Waals surface area contributed by atoms with E-state index in [1.165, 1.54) is 7.11 Å². The van der Waals surface area contributed by atoms with Gasteiger partial charge in [0.2, 0.25) is 0 Å². The molecule has 0 bridgehead atoms. The van der Waals surface area contributed by atoms with Crippen molar-refractivity contribution >= 4 is 5.97 Å². The summed E-state index contributed by atoms with van der Waals surface area (Å²) < 4.78 is 16.0. The lowest BCUT2D eigenvalue weighted by Crippen LogP contribution is -2.29. The standard InChI is InChI=1S/C13H16O4/c1-13(8-12(14)15-2)16-9-11(17-13)10-6-4-3-5-7-10/h3-7,11H,8-9H2,1-2H3/t11-,13-/m0/s1. The SMILES string of the molecule is COC(=O)C[C@@]1(C)OC[C@@H](c2ccccc2)O1. The highest BCUT2D eigenvalue weighted by molar-refractivity contribution is 5.70. The minimum absolute atomic E-state index is 0.104. The van der Waals surface area contributed by atoms with E-state index in [9.17, 15) is 4.79 Å². The average molecular weight is 236 g/mol. The molecule has 0 radical (unpaired) electrons. The van der Waals surface area contributed by atoms with Crippen LogP contribution in [0.3, 0.4) is 0 Å². The molecule has 0 spiro atoms. The molecule has 1 aromatic rings. The van der Waals surface area contributed by atoms with E-state index in [-0.39, 0.29) is 18.5 Å². The zero-order valence-corrected chi connectivity index (χ0v) is 10.0. The molecule has 17 heavy (non-hydrogen) atoms. The predicted octanol–water partition coefficient (Wildman–Crippen LogP) is 2.05. The molecule has 1 aliphatic rings. The first-order valence-electron chi connectivity index (χ1n) is 5.56. The first-order chi connectivity index (χ1) is 8.13. The molecule has 2 atom stereocenters. The Balaban J connectivity index is 2.02. The highest BCUT2D eigenvalue weighted by Crippen LogP contribution is 2.35. The fourth-order valence-electron chi connectivity index (χ4n) is 1.88. The Bertz CT molecular complexity index is 390. The third kappa shape index (κ3) is 2.84. The third-order valence-electron chi connectivity index (χ3n) is 2.80. The molecule has 0 N–H and O–H groups in total. The van der Waals surface area contributed by atoms with E-state index in [1.54, 1.807) is 6.92 Å². The Kier molecular flexibility index (Phi) is 3.45. The smallest absolute Gasteiger partial charge is 0.310 e. The average Bonchev–Trinajstić information content (AvgIpc) is 2.72. The zero-order valence-electron chi connectivity index (χ0n) is 10.0. The topological polar surface area (TPSA) is 44.8 Å². The van der Waals surface area contributed by atoms with E-state index < -0.39 is 5.79 Å². The maximum absolute atomic E-state index is 11.2. The Hall–Kier alpha value is -1.39. The number of rotatable bonds is 3. The molecule has 1 fully saturated rings. The van der Waals surface area contributed by atoms with Crippen LogP contribution in [0.2, 0.25) is 0 Å².